The quantitative estimate of drug-likeness (QED) is 0.865. The number of ether oxygens (including phenoxy) is 3. The Morgan fingerprint density at radius 1 is 1.48 bits per heavy atom. The van der Waals surface area contributed by atoms with Crippen molar-refractivity contribution in [2.75, 3.05) is 6.61 Å². The van der Waals surface area contributed by atoms with Gasteiger partial charge >= 0.3 is 5.97 Å². The highest BCUT2D eigenvalue weighted by molar-refractivity contribution is 5.71. The summed E-state index contributed by atoms with van der Waals surface area (Å²) in [6, 6.07) is 5.17. The van der Waals surface area contributed by atoms with Gasteiger partial charge in [-0.25, -0.2) is 4.79 Å². The summed E-state index contributed by atoms with van der Waals surface area (Å²) in [5.41, 5.74) is 0.313. The molecule has 0 spiro atoms. The molecule has 1 unspecified atom stereocenters. The highest BCUT2D eigenvalue weighted by Crippen LogP contribution is 2.40. The van der Waals surface area contributed by atoms with Gasteiger partial charge in [0.05, 0.1) is 12.2 Å². The van der Waals surface area contributed by atoms with Crippen molar-refractivity contribution in [3.63, 3.8) is 0 Å². The van der Waals surface area contributed by atoms with E-state index in [0.29, 0.717) is 17.9 Å². The second kappa shape index (κ2) is 5.93. The van der Waals surface area contributed by atoms with Crippen LogP contribution in [0.15, 0.2) is 18.2 Å². The van der Waals surface area contributed by atoms with Crippen LogP contribution in [-0.4, -0.2) is 29.4 Å². The normalized spacial score (nSPS) is 19.6. The average Bonchev–Trinajstić information content (AvgIpc) is 2.33. The number of benzene rings is 1. The first kappa shape index (κ1) is 15.6. The van der Waals surface area contributed by atoms with E-state index in [1.165, 1.54) is 0 Å². The zero-order chi connectivity index (χ0) is 15.6. The molecule has 1 aromatic rings. The summed E-state index contributed by atoms with van der Waals surface area (Å²) < 4.78 is 16.2. The van der Waals surface area contributed by atoms with Gasteiger partial charge < -0.3 is 19.3 Å². The Labute approximate surface area is 124 Å². The van der Waals surface area contributed by atoms with Gasteiger partial charge in [0.1, 0.15) is 17.1 Å². The van der Waals surface area contributed by atoms with Crippen molar-refractivity contribution in [1.82, 2.24) is 0 Å². The number of fused-ring (bicyclic) bond motifs is 1. The summed E-state index contributed by atoms with van der Waals surface area (Å²) in [5, 5.41) is 10.1. The van der Waals surface area contributed by atoms with E-state index in [-0.39, 0.29) is 12.7 Å². The highest BCUT2D eigenvalue weighted by atomic mass is 16.6. The molecule has 21 heavy (non-hydrogen) atoms. The van der Waals surface area contributed by atoms with E-state index in [0.717, 1.165) is 5.56 Å². The molecule has 1 aliphatic heterocycles. The lowest BCUT2D eigenvalue weighted by Crippen LogP contribution is -2.34. The fourth-order valence-corrected chi connectivity index (χ4v) is 2.32. The van der Waals surface area contributed by atoms with Crippen molar-refractivity contribution < 1.29 is 24.1 Å². The molecule has 0 saturated heterocycles. The standard InChI is InChI=1S/C16H22O5/c1-10(2)20-15(18)9-19-11-5-6-12-13(17)8-16(3,4)21-14(12)7-11/h5-7,10,13,17H,8-9H2,1-4H3. The second-order valence-electron chi connectivity index (χ2n) is 6.11. The van der Waals surface area contributed by atoms with Crippen molar-refractivity contribution in [1.29, 1.82) is 0 Å². The summed E-state index contributed by atoms with van der Waals surface area (Å²) in [4.78, 5) is 11.5. The zero-order valence-corrected chi connectivity index (χ0v) is 12.9. The van der Waals surface area contributed by atoms with Crippen LogP contribution < -0.4 is 9.47 Å². The van der Waals surface area contributed by atoms with Gasteiger partial charge in [0.15, 0.2) is 6.61 Å². The molecule has 1 heterocycles. The molecule has 0 fully saturated rings. The van der Waals surface area contributed by atoms with E-state index >= 15 is 0 Å². The maximum Gasteiger partial charge on any atom is 0.344 e. The lowest BCUT2D eigenvalue weighted by molar-refractivity contribution is -0.149. The molecule has 0 bridgehead atoms. The molecule has 1 N–H and O–H groups in total. The summed E-state index contributed by atoms with van der Waals surface area (Å²) in [7, 11) is 0. The largest absolute Gasteiger partial charge is 0.487 e. The van der Waals surface area contributed by atoms with E-state index in [2.05, 4.69) is 0 Å². The molecular formula is C16H22O5. The minimum atomic E-state index is -0.552. The van der Waals surface area contributed by atoms with Crippen LogP contribution in [-0.2, 0) is 9.53 Å². The molecule has 1 atom stereocenters. The first-order valence-corrected chi connectivity index (χ1v) is 7.10. The van der Waals surface area contributed by atoms with Crippen LogP contribution in [0.4, 0.5) is 0 Å². The number of hydrogen-bond acceptors (Lipinski definition) is 5. The van der Waals surface area contributed by atoms with Crippen LogP contribution in [0, 0.1) is 0 Å². The first-order valence-electron chi connectivity index (χ1n) is 7.10. The van der Waals surface area contributed by atoms with Gasteiger partial charge in [-0.2, -0.15) is 0 Å². The van der Waals surface area contributed by atoms with Crippen LogP contribution in [0.3, 0.4) is 0 Å². The molecule has 0 aromatic heterocycles. The van der Waals surface area contributed by atoms with Crippen LogP contribution in [0.2, 0.25) is 0 Å². The van der Waals surface area contributed by atoms with Gasteiger partial charge in [0, 0.05) is 18.1 Å². The third-order valence-corrected chi connectivity index (χ3v) is 3.14. The Morgan fingerprint density at radius 2 is 2.19 bits per heavy atom. The number of aliphatic hydroxyl groups excluding tert-OH is 1. The molecule has 0 saturated carbocycles. The molecule has 0 radical (unpaired) electrons. The minimum Gasteiger partial charge on any atom is -0.487 e. The predicted molar refractivity (Wildman–Crippen MR) is 77.4 cm³/mol. The Hall–Kier alpha value is -1.75. The van der Waals surface area contributed by atoms with E-state index in [9.17, 15) is 9.90 Å². The van der Waals surface area contributed by atoms with Crippen LogP contribution in [0.1, 0.15) is 45.8 Å². The Morgan fingerprint density at radius 3 is 2.86 bits per heavy atom. The minimum absolute atomic E-state index is 0.150. The van der Waals surface area contributed by atoms with Crippen LogP contribution in [0.5, 0.6) is 11.5 Å². The van der Waals surface area contributed by atoms with Gasteiger partial charge in [-0.15, -0.1) is 0 Å². The summed E-state index contributed by atoms with van der Waals surface area (Å²) in [6.07, 6.45) is -0.173. The number of hydrogen-bond donors (Lipinski definition) is 1. The van der Waals surface area contributed by atoms with Crippen molar-refractivity contribution >= 4 is 5.97 Å². The summed E-state index contributed by atoms with van der Waals surface area (Å²) >= 11 is 0. The monoisotopic (exact) mass is 294 g/mol. The third-order valence-electron chi connectivity index (χ3n) is 3.14. The molecule has 2 rings (SSSR count). The Balaban J connectivity index is 2.05. The predicted octanol–water partition coefficient (Wildman–Crippen LogP) is 2.61. The Kier molecular flexibility index (Phi) is 4.42. The van der Waals surface area contributed by atoms with Gasteiger partial charge in [-0.3, -0.25) is 0 Å². The van der Waals surface area contributed by atoms with Crippen LogP contribution >= 0.6 is 0 Å². The number of carbonyl (C=O) groups is 1. The number of carbonyl (C=O) groups excluding carboxylic acids is 1. The average molecular weight is 294 g/mol. The molecule has 1 aliphatic rings. The van der Waals surface area contributed by atoms with Gasteiger partial charge in [0.25, 0.3) is 0 Å². The van der Waals surface area contributed by atoms with E-state index in [1.807, 2.05) is 13.8 Å². The topological polar surface area (TPSA) is 65.0 Å². The maximum atomic E-state index is 11.5. The number of aliphatic hydroxyl groups is 1. The van der Waals surface area contributed by atoms with Gasteiger partial charge in [0.2, 0.25) is 0 Å². The number of rotatable bonds is 4. The van der Waals surface area contributed by atoms with Crippen molar-refractivity contribution in [2.45, 2.75) is 51.9 Å². The first-order chi connectivity index (χ1) is 9.77. The second-order valence-corrected chi connectivity index (χ2v) is 6.11. The van der Waals surface area contributed by atoms with Crippen LogP contribution in [0.25, 0.3) is 0 Å². The maximum absolute atomic E-state index is 11.5. The van der Waals surface area contributed by atoms with Gasteiger partial charge in [-0.05, 0) is 39.8 Å². The molecule has 1 aromatic carbocycles. The molecule has 116 valence electrons. The highest BCUT2D eigenvalue weighted by Gasteiger charge is 2.32. The van der Waals surface area contributed by atoms with E-state index in [4.69, 9.17) is 14.2 Å². The van der Waals surface area contributed by atoms with Crippen molar-refractivity contribution in [2.24, 2.45) is 0 Å². The fourth-order valence-electron chi connectivity index (χ4n) is 2.32. The van der Waals surface area contributed by atoms with E-state index in [1.54, 1.807) is 32.0 Å². The molecule has 0 aliphatic carbocycles. The molecular weight excluding hydrogens is 272 g/mol. The van der Waals surface area contributed by atoms with Gasteiger partial charge in [-0.1, -0.05) is 0 Å². The van der Waals surface area contributed by atoms with E-state index < -0.39 is 17.7 Å². The fraction of sp³-hybridized carbons (Fsp3) is 0.562. The third kappa shape index (κ3) is 4.11. The zero-order valence-electron chi connectivity index (χ0n) is 12.9. The molecule has 5 nitrogen and oxygen atoms in total. The molecule has 0 amide bonds. The lowest BCUT2D eigenvalue weighted by Gasteiger charge is -2.35. The smallest absolute Gasteiger partial charge is 0.344 e. The SMILES string of the molecule is CC(C)OC(=O)COc1ccc2c(c1)OC(C)(C)CC2O. The van der Waals surface area contributed by atoms with Crippen molar-refractivity contribution in [3.05, 3.63) is 23.8 Å². The Bertz CT molecular complexity index is 521. The summed E-state index contributed by atoms with van der Waals surface area (Å²) in [6.45, 7) is 7.27. The summed E-state index contributed by atoms with van der Waals surface area (Å²) in [5.74, 6) is 0.692. The molecule has 5 heteroatoms. The van der Waals surface area contributed by atoms with Crippen molar-refractivity contribution in [3.8, 4) is 11.5 Å². The lowest BCUT2D eigenvalue weighted by atomic mass is 9.92. The number of esters is 1.